The molecule has 16 heavy (non-hydrogen) atoms. The molecule has 0 saturated carbocycles. The van der Waals surface area contributed by atoms with Crippen LogP contribution in [0.2, 0.25) is 0 Å². The van der Waals surface area contributed by atoms with Gasteiger partial charge in [0.05, 0.1) is 13.0 Å². The number of methoxy groups -OCH3 is 1. The van der Waals surface area contributed by atoms with E-state index in [1.54, 1.807) is 0 Å². The molecule has 1 fully saturated rings. The average Bonchev–Trinajstić information content (AvgIpc) is 2.72. The van der Waals surface area contributed by atoms with Crippen LogP contribution in [0.3, 0.4) is 0 Å². The van der Waals surface area contributed by atoms with Crippen LogP contribution in [0.25, 0.3) is 0 Å². The number of esters is 1. The molecule has 1 N–H and O–H groups in total. The van der Waals surface area contributed by atoms with Gasteiger partial charge in [0.15, 0.2) is 0 Å². The molecule has 0 aromatic rings. The quantitative estimate of drug-likeness (QED) is 0.691. The van der Waals surface area contributed by atoms with E-state index in [-0.39, 0.29) is 18.5 Å². The van der Waals surface area contributed by atoms with E-state index in [0.29, 0.717) is 6.04 Å². The number of carbonyl (C=O) groups is 1. The number of hydrogen-bond acceptors (Lipinski definition) is 4. The normalized spacial score (nSPS) is 23.3. The molecular weight excluding hydrogens is 206 g/mol. The van der Waals surface area contributed by atoms with Crippen molar-refractivity contribution in [2.24, 2.45) is 5.92 Å². The highest BCUT2D eigenvalue weighted by Gasteiger charge is 2.27. The van der Waals surface area contributed by atoms with Crippen LogP contribution in [0.15, 0.2) is 0 Å². The predicted octanol–water partition coefficient (Wildman–Crippen LogP) is 1.03. The zero-order valence-corrected chi connectivity index (χ0v) is 10.3. The lowest BCUT2D eigenvalue weighted by molar-refractivity contribution is -0.145. The van der Waals surface area contributed by atoms with Gasteiger partial charge in [0, 0.05) is 19.2 Å². The molecule has 1 rings (SSSR count). The first-order chi connectivity index (χ1) is 7.69. The maximum absolute atomic E-state index is 11.3. The van der Waals surface area contributed by atoms with Crippen LogP contribution in [0.5, 0.6) is 0 Å². The van der Waals surface area contributed by atoms with E-state index in [4.69, 9.17) is 9.84 Å². The molecule has 1 aliphatic rings. The van der Waals surface area contributed by atoms with Crippen molar-refractivity contribution in [2.45, 2.75) is 38.6 Å². The van der Waals surface area contributed by atoms with Crippen molar-refractivity contribution in [1.82, 2.24) is 4.90 Å². The van der Waals surface area contributed by atoms with Crippen molar-refractivity contribution in [3.8, 4) is 0 Å². The van der Waals surface area contributed by atoms with Crippen LogP contribution in [-0.2, 0) is 9.53 Å². The molecule has 0 spiro atoms. The fourth-order valence-corrected chi connectivity index (χ4v) is 2.42. The Labute approximate surface area is 97.6 Å². The van der Waals surface area contributed by atoms with Crippen LogP contribution in [0, 0.1) is 5.92 Å². The van der Waals surface area contributed by atoms with E-state index < -0.39 is 0 Å². The summed E-state index contributed by atoms with van der Waals surface area (Å²) >= 11 is 0. The Balaban J connectivity index is 2.36. The first kappa shape index (κ1) is 13.5. The van der Waals surface area contributed by atoms with Gasteiger partial charge in [-0.2, -0.15) is 0 Å². The molecule has 94 valence electrons. The number of nitrogens with zero attached hydrogens (tertiary/aromatic N) is 1. The largest absolute Gasteiger partial charge is 0.469 e. The molecule has 0 aromatic carbocycles. The average molecular weight is 229 g/mol. The van der Waals surface area contributed by atoms with E-state index in [9.17, 15) is 4.79 Å². The Morgan fingerprint density at radius 2 is 2.38 bits per heavy atom. The predicted molar refractivity (Wildman–Crippen MR) is 62.1 cm³/mol. The molecule has 0 aromatic heterocycles. The highest BCUT2D eigenvalue weighted by atomic mass is 16.5. The van der Waals surface area contributed by atoms with Crippen molar-refractivity contribution >= 4 is 5.97 Å². The standard InChI is InChI=1S/C12H23NO3/c1-10(12(15)16-2)9-13-7-3-5-11(13)6-4-8-14/h10-11,14H,3-9H2,1-2H3. The fraction of sp³-hybridized carbons (Fsp3) is 0.917. The minimum Gasteiger partial charge on any atom is -0.469 e. The third kappa shape index (κ3) is 3.76. The van der Waals surface area contributed by atoms with Crippen LogP contribution in [-0.4, -0.2) is 48.8 Å². The summed E-state index contributed by atoms with van der Waals surface area (Å²) in [5.41, 5.74) is 0. The number of hydrogen-bond donors (Lipinski definition) is 1. The van der Waals surface area contributed by atoms with E-state index in [2.05, 4.69) is 4.90 Å². The summed E-state index contributed by atoms with van der Waals surface area (Å²) in [6.07, 6.45) is 4.27. The Kier molecular flexibility index (Phi) is 5.77. The first-order valence-electron chi connectivity index (χ1n) is 6.11. The smallest absolute Gasteiger partial charge is 0.309 e. The lowest BCUT2D eigenvalue weighted by Gasteiger charge is -2.26. The molecule has 2 atom stereocenters. The molecule has 0 amide bonds. The second-order valence-electron chi connectivity index (χ2n) is 4.58. The lowest BCUT2D eigenvalue weighted by Crippen LogP contribution is -2.36. The monoisotopic (exact) mass is 229 g/mol. The van der Waals surface area contributed by atoms with Gasteiger partial charge in [-0.1, -0.05) is 6.92 Å². The third-order valence-corrected chi connectivity index (χ3v) is 3.31. The van der Waals surface area contributed by atoms with E-state index in [1.165, 1.54) is 20.0 Å². The van der Waals surface area contributed by atoms with Crippen LogP contribution in [0.1, 0.15) is 32.6 Å². The number of rotatable bonds is 6. The van der Waals surface area contributed by atoms with E-state index in [1.807, 2.05) is 6.92 Å². The molecule has 0 aliphatic carbocycles. The maximum Gasteiger partial charge on any atom is 0.309 e. The maximum atomic E-state index is 11.3. The number of aliphatic hydroxyl groups is 1. The summed E-state index contributed by atoms with van der Waals surface area (Å²) < 4.78 is 4.73. The van der Waals surface area contributed by atoms with Crippen LogP contribution < -0.4 is 0 Å². The van der Waals surface area contributed by atoms with Crippen molar-refractivity contribution < 1.29 is 14.6 Å². The zero-order chi connectivity index (χ0) is 12.0. The number of carbonyl (C=O) groups excluding carboxylic acids is 1. The molecule has 4 nitrogen and oxygen atoms in total. The van der Waals surface area contributed by atoms with Gasteiger partial charge < -0.3 is 9.84 Å². The minimum atomic E-state index is -0.132. The van der Waals surface area contributed by atoms with E-state index in [0.717, 1.165) is 25.9 Å². The van der Waals surface area contributed by atoms with E-state index >= 15 is 0 Å². The van der Waals surface area contributed by atoms with Gasteiger partial charge >= 0.3 is 5.97 Å². The summed E-state index contributed by atoms with van der Waals surface area (Å²) in [7, 11) is 1.44. The summed E-state index contributed by atoms with van der Waals surface area (Å²) in [4.78, 5) is 13.7. The van der Waals surface area contributed by atoms with Gasteiger partial charge in [0.25, 0.3) is 0 Å². The van der Waals surface area contributed by atoms with Crippen molar-refractivity contribution in [1.29, 1.82) is 0 Å². The molecule has 0 radical (unpaired) electrons. The summed E-state index contributed by atoms with van der Waals surface area (Å²) in [6, 6.07) is 0.541. The van der Waals surface area contributed by atoms with Gasteiger partial charge in [-0.05, 0) is 32.2 Å². The van der Waals surface area contributed by atoms with Crippen molar-refractivity contribution in [3.63, 3.8) is 0 Å². The van der Waals surface area contributed by atoms with Crippen LogP contribution in [0.4, 0.5) is 0 Å². The Hall–Kier alpha value is -0.610. The van der Waals surface area contributed by atoms with Gasteiger partial charge in [0.1, 0.15) is 0 Å². The molecule has 1 saturated heterocycles. The number of ether oxygens (including phenoxy) is 1. The second-order valence-corrected chi connectivity index (χ2v) is 4.58. The first-order valence-corrected chi connectivity index (χ1v) is 6.11. The fourth-order valence-electron chi connectivity index (χ4n) is 2.42. The second kappa shape index (κ2) is 6.86. The Bertz CT molecular complexity index is 220. The molecule has 2 unspecified atom stereocenters. The highest BCUT2D eigenvalue weighted by molar-refractivity contribution is 5.72. The van der Waals surface area contributed by atoms with Gasteiger partial charge in [-0.25, -0.2) is 0 Å². The van der Waals surface area contributed by atoms with Crippen LogP contribution >= 0.6 is 0 Å². The zero-order valence-electron chi connectivity index (χ0n) is 10.3. The topological polar surface area (TPSA) is 49.8 Å². The Morgan fingerprint density at radius 1 is 1.62 bits per heavy atom. The highest BCUT2D eigenvalue weighted by Crippen LogP contribution is 2.22. The molecule has 4 heteroatoms. The lowest BCUT2D eigenvalue weighted by atomic mass is 10.1. The number of aliphatic hydroxyl groups excluding tert-OH is 1. The van der Waals surface area contributed by atoms with Gasteiger partial charge in [0.2, 0.25) is 0 Å². The molecule has 0 bridgehead atoms. The van der Waals surface area contributed by atoms with Crippen molar-refractivity contribution in [3.05, 3.63) is 0 Å². The number of likely N-dealkylation sites (tertiary alicyclic amines) is 1. The summed E-state index contributed by atoms with van der Waals surface area (Å²) in [6.45, 7) is 4.02. The van der Waals surface area contributed by atoms with Gasteiger partial charge in [-0.15, -0.1) is 0 Å². The van der Waals surface area contributed by atoms with Crippen molar-refractivity contribution in [2.75, 3.05) is 26.8 Å². The Morgan fingerprint density at radius 3 is 3.00 bits per heavy atom. The third-order valence-electron chi connectivity index (χ3n) is 3.31. The SMILES string of the molecule is COC(=O)C(C)CN1CCCC1CCCO. The molecular formula is C12H23NO3. The summed E-state index contributed by atoms with van der Waals surface area (Å²) in [5.74, 6) is -0.187. The minimum absolute atomic E-state index is 0.0558. The van der Waals surface area contributed by atoms with Gasteiger partial charge in [-0.3, -0.25) is 9.69 Å². The summed E-state index contributed by atoms with van der Waals surface area (Å²) in [5, 5.41) is 8.83. The molecule has 1 aliphatic heterocycles. The molecule has 1 heterocycles.